The summed E-state index contributed by atoms with van der Waals surface area (Å²) in [5, 5.41) is 11.4. The SMILES string of the molecule is CO[C@]1(C)C[C@@H](C)CN(C)C(C2CN(C(=O)CN3Cc4ccccc4C3)C2)COC(=O)C(C)(C)C(=O)[C@H](C)[C@H]1O[C@@H]1O[C@H](C)C[C@H](N(C)C)[C@H]1O. The van der Waals surface area contributed by atoms with Gasteiger partial charge in [0.2, 0.25) is 5.91 Å². The van der Waals surface area contributed by atoms with E-state index in [-0.39, 0.29) is 48.3 Å². The molecule has 1 N–H and O–H groups in total. The van der Waals surface area contributed by atoms with Crippen LogP contribution in [0.2, 0.25) is 0 Å². The number of hydrogen-bond acceptors (Lipinski definition) is 11. The van der Waals surface area contributed by atoms with Gasteiger partial charge in [-0.05, 0) is 78.7 Å². The number of fused-ring (bicyclic) bond motifs is 1. The van der Waals surface area contributed by atoms with Crippen LogP contribution in [0.4, 0.5) is 0 Å². The Morgan fingerprint density at radius 3 is 2.25 bits per heavy atom. The summed E-state index contributed by atoms with van der Waals surface area (Å²) in [6.07, 6.45) is -1.78. The quantitative estimate of drug-likeness (QED) is 0.332. The first kappa shape index (κ1) is 39.8. The lowest BCUT2D eigenvalue weighted by Gasteiger charge is -2.47. The number of ether oxygens (including phenoxy) is 4. The van der Waals surface area contributed by atoms with Gasteiger partial charge < -0.3 is 33.9 Å². The third kappa shape index (κ3) is 8.53. The number of esters is 1. The molecule has 0 radical (unpaired) electrons. The Kier molecular flexibility index (Phi) is 12.4. The summed E-state index contributed by atoms with van der Waals surface area (Å²) >= 11 is 0. The molecule has 1 aromatic carbocycles. The van der Waals surface area contributed by atoms with Gasteiger partial charge in [-0.1, -0.05) is 38.1 Å². The van der Waals surface area contributed by atoms with Crippen molar-refractivity contribution in [1.82, 2.24) is 19.6 Å². The highest BCUT2D eigenvalue weighted by atomic mass is 16.7. The molecule has 0 aliphatic carbocycles. The number of aliphatic hydroxyl groups is 1. The lowest BCUT2D eigenvalue weighted by molar-refractivity contribution is -0.295. The lowest BCUT2D eigenvalue weighted by Crippen LogP contribution is -2.60. The molecule has 3 saturated heterocycles. The minimum absolute atomic E-state index is 0.0839. The normalized spacial score (nSPS) is 36.1. The summed E-state index contributed by atoms with van der Waals surface area (Å²) < 4.78 is 25.0. The Balaban J connectivity index is 1.32. The van der Waals surface area contributed by atoms with Gasteiger partial charge in [0.05, 0.1) is 24.4 Å². The molecular formula is C39H62N4O8. The van der Waals surface area contributed by atoms with Gasteiger partial charge in [0.25, 0.3) is 0 Å². The minimum Gasteiger partial charge on any atom is -0.463 e. The number of cyclic esters (lactones) is 1. The van der Waals surface area contributed by atoms with Crippen molar-refractivity contribution in [2.24, 2.45) is 23.2 Å². The number of nitrogens with zero attached hydrogens (tertiary/aromatic N) is 4. The summed E-state index contributed by atoms with van der Waals surface area (Å²) in [4.78, 5) is 49.6. The van der Waals surface area contributed by atoms with Gasteiger partial charge in [-0.3, -0.25) is 24.2 Å². The van der Waals surface area contributed by atoms with E-state index in [0.29, 0.717) is 39.0 Å². The Hall–Kier alpha value is -2.45. The number of likely N-dealkylation sites (tertiary alicyclic amines) is 1. The first-order valence-corrected chi connectivity index (χ1v) is 18.6. The molecule has 1 aromatic rings. The summed E-state index contributed by atoms with van der Waals surface area (Å²) in [7, 11) is 7.49. The van der Waals surface area contributed by atoms with E-state index < -0.39 is 41.4 Å². The van der Waals surface area contributed by atoms with Gasteiger partial charge >= 0.3 is 5.97 Å². The molecule has 4 aliphatic heterocycles. The van der Waals surface area contributed by atoms with Crippen LogP contribution in [0.3, 0.4) is 0 Å². The number of carbonyl (C=O) groups excluding carboxylic acids is 3. The Morgan fingerprint density at radius 1 is 1.04 bits per heavy atom. The van der Waals surface area contributed by atoms with Crippen molar-refractivity contribution in [1.29, 1.82) is 0 Å². The van der Waals surface area contributed by atoms with Crippen LogP contribution in [-0.2, 0) is 46.4 Å². The fraction of sp³-hybridized carbons (Fsp3) is 0.769. The number of hydrogen-bond donors (Lipinski definition) is 1. The number of aliphatic hydroxyl groups excluding tert-OH is 1. The van der Waals surface area contributed by atoms with Crippen LogP contribution in [0.1, 0.15) is 65.5 Å². The van der Waals surface area contributed by atoms with Gasteiger partial charge in [-0.2, -0.15) is 0 Å². The van der Waals surface area contributed by atoms with Crippen molar-refractivity contribution < 1.29 is 38.4 Å². The highest BCUT2D eigenvalue weighted by Crippen LogP contribution is 2.39. The molecule has 9 atom stereocenters. The van der Waals surface area contributed by atoms with Crippen LogP contribution < -0.4 is 0 Å². The molecule has 1 unspecified atom stereocenters. The van der Waals surface area contributed by atoms with E-state index in [9.17, 15) is 19.5 Å². The zero-order valence-electron chi connectivity index (χ0n) is 32.5. The van der Waals surface area contributed by atoms with Gasteiger partial charge in [-0.25, -0.2) is 0 Å². The van der Waals surface area contributed by atoms with Crippen molar-refractivity contribution >= 4 is 17.7 Å². The van der Waals surface area contributed by atoms with Gasteiger partial charge in [-0.15, -0.1) is 0 Å². The Labute approximate surface area is 304 Å². The second-order valence-corrected chi connectivity index (χ2v) is 16.8. The van der Waals surface area contributed by atoms with E-state index in [1.165, 1.54) is 11.1 Å². The highest BCUT2D eigenvalue weighted by Gasteiger charge is 2.52. The Bertz CT molecular complexity index is 1380. The topological polar surface area (TPSA) is 121 Å². The van der Waals surface area contributed by atoms with E-state index >= 15 is 0 Å². The molecule has 0 bridgehead atoms. The Morgan fingerprint density at radius 2 is 1.67 bits per heavy atom. The minimum atomic E-state index is -1.47. The fourth-order valence-electron chi connectivity index (χ4n) is 8.83. The van der Waals surface area contributed by atoms with E-state index in [1.807, 2.05) is 56.9 Å². The summed E-state index contributed by atoms with van der Waals surface area (Å²) in [5.74, 6) is -1.42. The summed E-state index contributed by atoms with van der Waals surface area (Å²) in [6, 6.07) is 7.99. The zero-order chi connectivity index (χ0) is 37.4. The number of benzene rings is 1. The van der Waals surface area contributed by atoms with Crippen molar-refractivity contribution in [3.63, 3.8) is 0 Å². The van der Waals surface area contributed by atoms with Crippen molar-refractivity contribution in [2.75, 3.05) is 61.0 Å². The molecule has 0 spiro atoms. The van der Waals surface area contributed by atoms with Crippen LogP contribution >= 0.6 is 0 Å². The van der Waals surface area contributed by atoms with Gasteiger partial charge in [0.15, 0.2) is 12.1 Å². The predicted molar refractivity (Wildman–Crippen MR) is 192 cm³/mol. The van der Waals surface area contributed by atoms with E-state index in [0.717, 1.165) is 13.1 Å². The third-order valence-corrected chi connectivity index (χ3v) is 12.0. The van der Waals surface area contributed by atoms with Crippen LogP contribution in [0, 0.1) is 23.2 Å². The average Bonchev–Trinajstić information content (AvgIpc) is 3.46. The van der Waals surface area contributed by atoms with Crippen LogP contribution in [-0.4, -0.2) is 146 Å². The molecule has 1 amide bonds. The van der Waals surface area contributed by atoms with Crippen LogP contribution in [0.5, 0.6) is 0 Å². The van der Waals surface area contributed by atoms with Gasteiger partial charge in [0.1, 0.15) is 18.1 Å². The number of amides is 1. The standard InChI is InChI=1S/C39H62N4O8/c1-24-16-39(6,48-10)35(51-36-33(45)30(40(7)8)15-25(2)50-36)26(3)34(46)38(4,5)37(47)49-23-31(41(9)17-24)29-20-43(21-29)32(44)22-42-18-27-13-11-12-14-28(27)19-42/h11-14,24-26,29-31,33,35-36,45H,15-23H2,1-10H3/t24-,25-,26+,30+,31?,33-,35-,36+,39-/m1/s1. The van der Waals surface area contributed by atoms with E-state index in [1.54, 1.807) is 27.9 Å². The number of Topliss-reactive ketones (excluding diaryl/α,β-unsaturated/α-hetero) is 1. The van der Waals surface area contributed by atoms with E-state index in [2.05, 4.69) is 28.9 Å². The van der Waals surface area contributed by atoms with Crippen LogP contribution in [0.25, 0.3) is 0 Å². The second-order valence-electron chi connectivity index (χ2n) is 16.8. The average molecular weight is 715 g/mol. The van der Waals surface area contributed by atoms with E-state index in [4.69, 9.17) is 18.9 Å². The monoisotopic (exact) mass is 714 g/mol. The van der Waals surface area contributed by atoms with Crippen molar-refractivity contribution in [3.8, 4) is 0 Å². The summed E-state index contributed by atoms with van der Waals surface area (Å²) in [5.41, 5.74) is 0.113. The number of carbonyl (C=O) groups is 3. The van der Waals surface area contributed by atoms with Crippen molar-refractivity contribution in [3.05, 3.63) is 35.4 Å². The second kappa shape index (κ2) is 15.9. The maximum Gasteiger partial charge on any atom is 0.319 e. The number of ketones is 1. The molecule has 0 aromatic heterocycles. The maximum atomic E-state index is 14.3. The highest BCUT2D eigenvalue weighted by molar-refractivity contribution is 6.04. The number of likely N-dealkylation sites (N-methyl/N-ethyl adjacent to an activating group) is 2. The molecule has 286 valence electrons. The molecule has 12 nitrogen and oxygen atoms in total. The molecule has 51 heavy (non-hydrogen) atoms. The number of methoxy groups -OCH3 is 1. The largest absolute Gasteiger partial charge is 0.463 e. The van der Waals surface area contributed by atoms with Crippen molar-refractivity contribution in [2.45, 2.75) is 110 Å². The third-order valence-electron chi connectivity index (χ3n) is 12.0. The fourth-order valence-corrected chi connectivity index (χ4v) is 8.83. The molecule has 0 saturated carbocycles. The molecule has 4 heterocycles. The molecule has 4 aliphatic rings. The molecule has 5 rings (SSSR count). The molecule has 12 heteroatoms. The first-order chi connectivity index (χ1) is 23.9. The smallest absolute Gasteiger partial charge is 0.319 e. The molecule has 3 fully saturated rings. The summed E-state index contributed by atoms with van der Waals surface area (Å²) in [6.45, 7) is 14.9. The lowest BCUT2D eigenvalue weighted by atomic mass is 9.74. The predicted octanol–water partition coefficient (Wildman–Crippen LogP) is 2.79. The van der Waals surface area contributed by atoms with Gasteiger partial charge in [0, 0.05) is 63.8 Å². The zero-order valence-corrected chi connectivity index (χ0v) is 32.5. The first-order valence-electron chi connectivity index (χ1n) is 18.6. The number of rotatable bonds is 7. The maximum absolute atomic E-state index is 14.3. The molecular weight excluding hydrogens is 652 g/mol. The van der Waals surface area contributed by atoms with Crippen LogP contribution in [0.15, 0.2) is 24.3 Å².